The molecule has 1 N–H and O–H groups in total. The number of benzene rings is 1. The third-order valence-electron chi connectivity index (χ3n) is 5.14. The minimum atomic E-state index is -0.0914. The zero-order valence-electron chi connectivity index (χ0n) is 12.6. The number of nitrogens with one attached hydrogen (secondary N) is 1. The largest absolute Gasteiger partial charge is 0.350 e. The molecule has 3 heteroatoms. The van der Waals surface area contributed by atoms with Gasteiger partial charge in [0, 0.05) is 47.1 Å². The van der Waals surface area contributed by atoms with Crippen molar-refractivity contribution in [2.45, 2.75) is 37.6 Å². The van der Waals surface area contributed by atoms with Gasteiger partial charge in [-0.1, -0.05) is 24.3 Å². The quantitative estimate of drug-likeness (QED) is 0.789. The van der Waals surface area contributed by atoms with Crippen molar-refractivity contribution in [1.82, 2.24) is 4.57 Å². The van der Waals surface area contributed by atoms with Gasteiger partial charge < -0.3 is 9.88 Å². The molecule has 0 saturated heterocycles. The van der Waals surface area contributed by atoms with Crippen molar-refractivity contribution in [2.75, 3.05) is 5.32 Å². The number of carbonyl (C=O) groups is 1. The lowest BCUT2D eigenvalue weighted by atomic mass is 9.72. The monoisotopic (exact) mass is 292 g/mol. The molecule has 0 fully saturated rings. The minimum absolute atomic E-state index is 0.0914. The highest BCUT2D eigenvalue weighted by Gasteiger charge is 2.38. The van der Waals surface area contributed by atoms with Crippen molar-refractivity contribution in [1.29, 1.82) is 0 Å². The number of hydrogen-bond donors (Lipinski definition) is 1. The Balaban J connectivity index is 2.02. The second-order valence-corrected chi connectivity index (χ2v) is 6.33. The standard InChI is InChI=1S/C19H20N2O/c1-2-19-10-5-12-21-13-9-15(18(19)21)14-6-3-4-7-16(14)20-17(22)8-11-19/h2-4,6-7,9,13H,1,5,8,10-12H2,(H,20,22)/t19-/m1/s1. The number of allylic oxidation sites excluding steroid dienone is 1. The molecule has 1 atom stereocenters. The fourth-order valence-electron chi connectivity index (χ4n) is 4.03. The highest BCUT2D eigenvalue weighted by Crippen LogP contribution is 2.46. The van der Waals surface area contributed by atoms with E-state index in [9.17, 15) is 4.79 Å². The molecular weight excluding hydrogens is 272 g/mol. The zero-order chi connectivity index (χ0) is 15.2. The van der Waals surface area contributed by atoms with Gasteiger partial charge in [-0.15, -0.1) is 6.58 Å². The Kier molecular flexibility index (Phi) is 2.96. The minimum Gasteiger partial charge on any atom is -0.350 e. The van der Waals surface area contributed by atoms with Gasteiger partial charge in [-0.3, -0.25) is 4.79 Å². The Morgan fingerprint density at radius 3 is 2.91 bits per heavy atom. The fraction of sp³-hybridized carbons (Fsp3) is 0.316. The van der Waals surface area contributed by atoms with E-state index < -0.39 is 0 Å². The van der Waals surface area contributed by atoms with Crippen molar-refractivity contribution >= 4 is 11.6 Å². The summed E-state index contributed by atoms with van der Waals surface area (Å²) >= 11 is 0. The van der Waals surface area contributed by atoms with Crippen LogP contribution in [0.2, 0.25) is 0 Å². The third kappa shape index (κ3) is 1.85. The van der Waals surface area contributed by atoms with Crippen molar-refractivity contribution < 1.29 is 4.79 Å². The van der Waals surface area contributed by atoms with E-state index in [4.69, 9.17) is 0 Å². The summed E-state index contributed by atoms with van der Waals surface area (Å²) in [6.07, 6.45) is 7.82. The number of aryl methyl sites for hydroxylation is 1. The van der Waals surface area contributed by atoms with Gasteiger partial charge in [0.25, 0.3) is 0 Å². The molecule has 0 unspecified atom stereocenters. The summed E-state index contributed by atoms with van der Waals surface area (Å²) < 4.78 is 2.35. The molecular formula is C19H20N2O. The number of carbonyl (C=O) groups excluding carboxylic acids is 1. The predicted octanol–water partition coefficient (Wildman–Crippen LogP) is 4.11. The van der Waals surface area contributed by atoms with Gasteiger partial charge in [-0.05, 0) is 31.4 Å². The predicted molar refractivity (Wildman–Crippen MR) is 88.8 cm³/mol. The molecule has 3 nitrogen and oxygen atoms in total. The summed E-state index contributed by atoms with van der Waals surface area (Å²) in [5, 5.41) is 3.08. The second-order valence-electron chi connectivity index (χ2n) is 6.33. The van der Waals surface area contributed by atoms with Crippen LogP contribution < -0.4 is 5.32 Å². The molecule has 0 spiro atoms. The number of aromatic nitrogens is 1. The molecule has 2 aliphatic rings. The van der Waals surface area contributed by atoms with Crippen LogP contribution in [0.15, 0.2) is 49.2 Å². The van der Waals surface area contributed by atoms with Crippen LogP contribution in [0.3, 0.4) is 0 Å². The molecule has 0 bridgehead atoms. The molecule has 4 rings (SSSR count). The number of para-hydroxylation sites is 1. The Morgan fingerprint density at radius 2 is 2.05 bits per heavy atom. The average Bonchev–Trinajstić information content (AvgIpc) is 2.99. The van der Waals surface area contributed by atoms with Crippen LogP contribution in [-0.2, 0) is 16.8 Å². The number of amides is 1. The molecule has 22 heavy (non-hydrogen) atoms. The van der Waals surface area contributed by atoms with E-state index >= 15 is 0 Å². The smallest absolute Gasteiger partial charge is 0.224 e. The molecule has 0 saturated carbocycles. The Hall–Kier alpha value is -2.29. The summed E-state index contributed by atoms with van der Waals surface area (Å²) in [7, 11) is 0. The molecule has 1 amide bonds. The molecule has 2 aromatic rings. The molecule has 0 aliphatic carbocycles. The van der Waals surface area contributed by atoms with Crippen molar-refractivity contribution in [2.24, 2.45) is 0 Å². The second kappa shape index (κ2) is 4.87. The summed E-state index contributed by atoms with van der Waals surface area (Å²) in [6.45, 7) is 5.17. The van der Waals surface area contributed by atoms with Crippen LogP contribution in [-0.4, -0.2) is 10.5 Å². The first-order valence-corrected chi connectivity index (χ1v) is 7.96. The maximum absolute atomic E-state index is 12.3. The van der Waals surface area contributed by atoms with Crippen molar-refractivity contribution in [3.8, 4) is 11.1 Å². The Labute approximate surface area is 130 Å². The SMILES string of the molecule is C=C[C@]12CCCn3ccc(c31)-c1ccccc1NC(=O)CC2. The van der Waals surface area contributed by atoms with E-state index in [0.717, 1.165) is 37.1 Å². The number of rotatable bonds is 1. The lowest BCUT2D eigenvalue weighted by molar-refractivity contribution is -0.116. The molecule has 1 aromatic heterocycles. The van der Waals surface area contributed by atoms with Gasteiger partial charge in [0.1, 0.15) is 0 Å². The lowest BCUT2D eigenvalue weighted by Gasteiger charge is -2.37. The Bertz CT molecular complexity index is 759. The first-order chi connectivity index (χ1) is 10.7. The topological polar surface area (TPSA) is 34.0 Å². The summed E-state index contributed by atoms with van der Waals surface area (Å²) in [5.74, 6) is 0.0935. The van der Waals surface area contributed by atoms with Crippen LogP contribution in [0, 0.1) is 0 Å². The molecule has 3 heterocycles. The maximum Gasteiger partial charge on any atom is 0.224 e. The van der Waals surface area contributed by atoms with Crippen molar-refractivity contribution in [3.05, 3.63) is 54.9 Å². The first-order valence-electron chi connectivity index (χ1n) is 7.96. The normalized spacial score (nSPS) is 23.4. The zero-order valence-corrected chi connectivity index (χ0v) is 12.6. The van der Waals surface area contributed by atoms with Crippen molar-refractivity contribution in [3.63, 3.8) is 0 Å². The van der Waals surface area contributed by atoms with E-state index in [-0.39, 0.29) is 11.3 Å². The number of anilines is 1. The molecule has 2 aliphatic heterocycles. The van der Waals surface area contributed by atoms with Crippen LogP contribution in [0.25, 0.3) is 11.1 Å². The van der Waals surface area contributed by atoms with Gasteiger partial charge in [0.2, 0.25) is 5.91 Å². The highest BCUT2D eigenvalue weighted by molar-refractivity contribution is 5.96. The molecule has 112 valence electrons. The molecule has 1 aromatic carbocycles. The van der Waals surface area contributed by atoms with E-state index in [1.807, 2.05) is 18.2 Å². The average molecular weight is 292 g/mol. The third-order valence-corrected chi connectivity index (χ3v) is 5.14. The summed E-state index contributed by atoms with van der Waals surface area (Å²) in [4.78, 5) is 12.3. The first kappa shape index (κ1) is 13.4. The van der Waals surface area contributed by atoms with E-state index in [2.05, 4.69) is 40.9 Å². The molecule has 0 radical (unpaired) electrons. The van der Waals surface area contributed by atoms with Gasteiger partial charge in [-0.25, -0.2) is 0 Å². The van der Waals surface area contributed by atoms with E-state index in [0.29, 0.717) is 6.42 Å². The van der Waals surface area contributed by atoms with Crippen LogP contribution in [0.1, 0.15) is 31.4 Å². The number of fused-ring (bicyclic) bond motifs is 2. The summed E-state index contributed by atoms with van der Waals surface area (Å²) in [6, 6.07) is 10.3. The Morgan fingerprint density at radius 1 is 1.18 bits per heavy atom. The van der Waals surface area contributed by atoms with Gasteiger partial charge in [0.15, 0.2) is 0 Å². The summed E-state index contributed by atoms with van der Waals surface area (Å²) in [5.41, 5.74) is 4.49. The van der Waals surface area contributed by atoms with Crippen LogP contribution in [0.5, 0.6) is 0 Å². The van der Waals surface area contributed by atoms with E-state index in [1.54, 1.807) is 0 Å². The van der Waals surface area contributed by atoms with Crippen LogP contribution >= 0.6 is 0 Å². The van der Waals surface area contributed by atoms with Crippen LogP contribution in [0.4, 0.5) is 5.69 Å². The number of hydrogen-bond acceptors (Lipinski definition) is 1. The fourth-order valence-corrected chi connectivity index (χ4v) is 4.03. The lowest BCUT2D eigenvalue weighted by Crippen LogP contribution is -2.32. The maximum atomic E-state index is 12.3. The van der Waals surface area contributed by atoms with Gasteiger partial charge >= 0.3 is 0 Å². The van der Waals surface area contributed by atoms with E-state index in [1.165, 1.54) is 11.3 Å². The number of nitrogens with zero attached hydrogens (tertiary/aromatic N) is 1. The van der Waals surface area contributed by atoms with Gasteiger partial charge in [0.05, 0.1) is 0 Å². The van der Waals surface area contributed by atoms with Gasteiger partial charge in [-0.2, -0.15) is 0 Å². The highest BCUT2D eigenvalue weighted by atomic mass is 16.1.